The summed E-state index contributed by atoms with van der Waals surface area (Å²) in [6.45, 7) is 21.4. The van der Waals surface area contributed by atoms with Crippen LogP contribution in [0.25, 0.3) is 11.0 Å². The van der Waals surface area contributed by atoms with Crippen molar-refractivity contribution in [2.45, 2.75) is 79.8 Å². The molecule has 0 saturated heterocycles. The molecule has 6 nitrogen and oxygen atoms in total. The van der Waals surface area contributed by atoms with E-state index in [1.165, 1.54) is 0 Å². The molecule has 0 atom stereocenters. The molecule has 2 heterocycles. The van der Waals surface area contributed by atoms with E-state index in [0.717, 1.165) is 35.5 Å². The standard InChI is InChI=1S/C22H37N5O/c1-10-26(15(4)5)12-11-23-21(28)17-13-18(14(2)3)24-20-19(17)16(6)25-27(20)22(7,8)9/h13-15H,10-12H2,1-9H3,(H,23,28). The van der Waals surface area contributed by atoms with Gasteiger partial charge in [0.25, 0.3) is 5.91 Å². The molecular weight excluding hydrogens is 350 g/mol. The highest BCUT2D eigenvalue weighted by molar-refractivity contribution is 6.06. The Morgan fingerprint density at radius 3 is 2.39 bits per heavy atom. The predicted molar refractivity (Wildman–Crippen MR) is 116 cm³/mol. The fourth-order valence-corrected chi connectivity index (χ4v) is 3.44. The third-order valence-electron chi connectivity index (χ3n) is 5.13. The van der Waals surface area contributed by atoms with E-state index < -0.39 is 0 Å². The number of carbonyl (C=O) groups excluding carboxylic acids is 1. The van der Waals surface area contributed by atoms with Crippen LogP contribution in [0.1, 0.15) is 83.1 Å². The molecule has 28 heavy (non-hydrogen) atoms. The lowest BCUT2D eigenvalue weighted by Crippen LogP contribution is -2.38. The van der Waals surface area contributed by atoms with Gasteiger partial charge in [-0.15, -0.1) is 0 Å². The number of amides is 1. The second-order valence-corrected chi connectivity index (χ2v) is 9.09. The third-order valence-corrected chi connectivity index (χ3v) is 5.13. The van der Waals surface area contributed by atoms with E-state index in [0.29, 0.717) is 18.2 Å². The first-order valence-electron chi connectivity index (χ1n) is 10.4. The number of likely N-dealkylation sites (N-methyl/N-ethyl adjacent to an activating group) is 1. The van der Waals surface area contributed by atoms with Gasteiger partial charge in [0.2, 0.25) is 0 Å². The number of carbonyl (C=O) groups is 1. The van der Waals surface area contributed by atoms with E-state index in [1.54, 1.807) is 0 Å². The summed E-state index contributed by atoms with van der Waals surface area (Å²) in [6.07, 6.45) is 0. The smallest absolute Gasteiger partial charge is 0.252 e. The topological polar surface area (TPSA) is 63.1 Å². The van der Waals surface area contributed by atoms with Crippen LogP contribution >= 0.6 is 0 Å². The molecule has 0 aliphatic carbocycles. The van der Waals surface area contributed by atoms with Crippen molar-refractivity contribution in [2.24, 2.45) is 0 Å². The Bertz CT molecular complexity index is 830. The van der Waals surface area contributed by atoms with Crippen molar-refractivity contribution in [3.05, 3.63) is 23.0 Å². The molecule has 0 aliphatic rings. The summed E-state index contributed by atoms with van der Waals surface area (Å²) in [5.74, 6) is 0.182. The molecule has 2 aromatic heterocycles. The first kappa shape index (κ1) is 22.3. The maximum atomic E-state index is 13.1. The van der Waals surface area contributed by atoms with E-state index in [4.69, 9.17) is 10.1 Å². The summed E-state index contributed by atoms with van der Waals surface area (Å²) < 4.78 is 1.94. The minimum absolute atomic E-state index is 0.0503. The van der Waals surface area contributed by atoms with Crippen molar-refractivity contribution in [3.63, 3.8) is 0 Å². The third kappa shape index (κ3) is 4.72. The summed E-state index contributed by atoms with van der Waals surface area (Å²) in [5, 5.41) is 8.68. The Balaban J connectivity index is 2.42. The van der Waals surface area contributed by atoms with E-state index in [1.807, 2.05) is 17.7 Å². The van der Waals surface area contributed by atoms with Gasteiger partial charge in [-0.25, -0.2) is 9.67 Å². The lowest BCUT2D eigenvalue weighted by atomic mass is 10.0. The second-order valence-electron chi connectivity index (χ2n) is 9.09. The van der Waals surface area contributed by atoms with E-state index in [-0.39, 0.29) is 17.4 Å². The average Bonchev–Trinajstić information content (AvgIpc) is 2.94. The van der Waals surface area contributed by atoms with Crippen LogP contribution in [0.5, 0.6) is 0 Å². The van der Waals surface area contributed by atoms with E-state index in [9.17, 15) is 4.79 Å². The quantitative estimate of drug-likeness (QED) is 0.778. The van der Waals surface area contributed by atoms with Crippen molar-refractivity contribution in [3.8, 4) is 0 Å². The summed E-state index contributed by atoms with van der Waals surface area (Å²) in [5.41, 5.74) is 3.02. The number of nitrogens with one attached hydrogen (secondary N) is 1. The molecule has 2 aromatic rings. The van der Waals surface area contributed by atoms with Gasteiger partial charge in [-0.2, -0.15) is 5.10 Å². The van der Waals surface area contributed by atoms with Gasteiger partial charge in [-0.1, -0.05) is 20.8 Å². The summed E-state index contributed by atoms with van der Waals surface area (Å²) in [6, 6.07) is 2.40. The molecule has 0 bridgehead atoms. The van der Waals surface area contributed by atoms with Crippen molar-refractivity contribution >= 4 is 16.9 Å². The highest BCUT2D eigenvalue weighted by Gasteiger charge is 2.25. The number of hydrogen-bond donors (Lipinski definition) is 1. The first-order valence-corrected chi connectivity index (χ1v) is 10.4. The van der Waals surface area contributed by atoms with Crippen LogP contribution < -0.4 is 5.32 Å². The minimum Gasteiger partial charge on any atom is -0.351 e. The number of aryl methyl sites for hydroxylation is 1. The average molecular weight is 388 g/mol. The Kier molecular flexibility index (Phi) is 6.86. The largest absolute Gasteiger partial charge is 0.351 e. The van der Waals surface area contributed by atoms with Crippen LogP contribution in [0.4, 0.5) is 0 Å². The molecule has 1 amide bonds. The van der Waals surface area contributed by atoms with Crippen LogP contribution in [0.3, 0.4) is 0 Å². The monoisotopic (exact) mass is 387 g/mol. The number of pyridine rings is 1. The van der Waals surface area contributed by atoms with Crippen molar-refractivity contribution in [1.82, 2.24) is 25.0 Å². The maximum absolute atomic E-state index is 13.1. The maximum Gasteiger partial charge on any atom is 0.252 e. The van der Waals surface area contributed by atoms with Crippen molar-refractivity contribution < 1.29 is 4.79 Å². The molecule has 156 valence electrons. The first-order chi connectivity index (χ1) is 13.0. The van der Waals surface area contributed by atoms with Crippen LogP contribution in [0, 0.1) is 6.92 Å². The van der Waals surface area contributed by atoms with Gasteiger partial charge < -0.3 is 5.32 Å². The lowest BCUT2D eigenvalue weighted by Gasteiger charge is -2.24. The molecule has 0 fully saturated rings. The SMILES string of the molecule is CCN(CCNC(=O)c1cc(C(C)C)nc2c1c(C)nn2C(C)(C)C)C(C)C. The van der Waals surface area contributed by atoms with Crippen molar-refractivity contribution in [2.75, 3.05) is 19.6 Å². The van der Waals surface area contributed by atoms with E-state index in [2.05, 4.69) is 65.6 Å². The molecule has 0 unspecified atom stereocenters. The Hall–Kier alpha value is -1.95. The molecule has 0 aromatic carbocycles. The molecule has 0 aliphatic heterocycles. The second kappa shape index (κ2) is 8.60. The van der Waals surface area contributed by atoms with Crippen LogP contribution in [-0.4, -0.2) is 51.2 Å². The highest BCUT2D eigenvalue weighted by Crippen LogP contribution is 2.28. The molecule has 2 rings (SSSR count). The normalized spacial score (nSPS) is 12.6. The number of aromatic nitrogens is 3. The molecular formula is C22H37N5O. The highest BCUT2D eigenvalue weighted by atomic mass is 16.1. The molecule has 0 saturated carbocycles. The fraction of sp³-hybridized carbons (Fsp3) is 0.682. The number of hydrogen-bond acceptors (Lipinski definition) is 4. The minimum atomic E-state index is -0.207. The van der Waals surface area contributed by atoms with Gasteiger partial charge in [0, 0.05) is 24.8 Å². The Morgan fingerprint density at radius 2 is 1.89 bits per heavy atom. The summed E-state index contributed by atoms with van der Waals surface area (Å²) in [4.78, 5) is 20.3. The number of rotatable bonds is 7. The fourth-order valence-electron chi connectivity index (χ4n) is 3.44. The van der Waals surface area contributed by atoms with Gasteiger partial charge in [-0.3, -0.25) is 9.69 Å². The van der Waals surface area contributed by atoms with Crippen molar-refractivity contribution in [1.29, 1.82) is 0 Å². The molecule has 6 heteroatoms. The predicted octanol–water partition coefficient (Wildman–Crippen LogP) is 4.08. The van der Waals surface area contributed by atoms with Gasteiger partial charge in [0.05, 0.1) is 22.2 Å². The zero-order chi connectivity index (χ0) is 21.2. The van der Waals surface area contributed by atoms with Gasteiger partial charge in [-0.05, 0) is 60.1 Å². The Morgan fingerprint density at radius 1 is 1.25 bits per heavy atom. The van der Waals surface area contributed by atoms with Crippen LogP contribution in [-0.2, 0) is 5.54 Å². The van der Waals surface area contributed by atoms with E-state index >= 15 is 0 Å². The molecule has 0 spiro atoms. The Labute approximate surface area is 169 Å². The molecule has 0 radical (unpaired) electrons. The van der Waals surface area contributed by atoms with Crippen LogP contribution in [0.2, 0.25) is 0 Å². The van der Waals surface area contributed by atoms with Crippen LogP contribution in [0.15, 0.2) is 6.07 Å². The number of nitrogens with zero attached hydrogens (tertiary/aromatic N) is 4. The zero-order valence-corrected chi connectivity index (χ0v) is 19.1. The van der Waals surface area contributed by atoms with Gasteiger partial charge >= 0.3 is 0 Å². The summed E-state index contributed by atoms with van der Waals surface area (Å²) in [7, 11) is 0. The zero-order valence-electron chi connectivity index (χ0n) is 19.1. The number of fused-ring (bicyclic) bond motifs is 1. The van der Waals surface area contributed by atoms with Gasteiger partial charge in [0.15, 0.2) is 5.65 Å². The molecule has 1 N–H and O–H groups in total. The lowest BCUT2D eigenvalue weighted by molar-refractivity contribution is 0.0947. The van der Waals surface area contributed by atoms with Gasteiger partial charge in [0.1, 0.15) is 0 Å². The summed E-state index contributed by atoms with van der Waals surface area (Å²) >= 11 is 0.